The number of hydrogen-bond acceptors (Lipinski definition) is 2. The first-order valence-corrected chi connectivity index (χ1v) is 19.4. The quantitative estimate of drug-likeness (QED) is 0.203. The molecule has 8 aliphatic carbocycles. The van der Waals surface area contributed by atoms with Crippen LogP contribution in [0.4, 0.5) is 22.7 Å². The number of nitrogens with zero attached hydrogens (tertiary/aromatic N) is 2. The van der Waals surface area contributed by atoms with Crippen molar-refractivity contribution >= 4 is 65.4 Å². The summed E-state index contributed by atoms with van der Waals surface area (Å²) in [6, 6.07) is 24.2. The number of rotatable bonds is 2. The van der Waals surface area contributed by atoms with Crippen molar-refractivity contribution in [2.75, 3.05) is 16.5 Å². The molecule has 0 amide bonds. The minimum absolute atomic E-state index is 0.733. The summed E-state index contributed by atoms with van der Waals surface area (Å²) in [5, 5.41) is 2.69. The molecule has 9 aliphatic rings. The van der Waals surface area contributed by atoms with Crippen LogP contribution in [0.15, 0.2) is 69.6 Å². The van der Waals surface area contributed by atoms with Crippen molar-refractivity contribution in [1.82, 2.24) is 0 Å². The first-order valence-electron chi connectivity index (χ1n) is 17.8. The molecule has 1 heterocycles. The molecule has 45 heavy (non-hydrogen) atoms. The van der Waals surface area contributed by atoms with Gasteiger partial charge in [-0.3, -0.25) is 0 Å². The summed E-state index contributed by atoms with van der Waals surface area (Å²) in [4.78, 5) is 5.25. The lowest BCUT2D eigenvalue weighted by Gasteiger charge is -2.41. The molecule has 0 saturated heterocycles. The fraction of sp³-hybridized carbons (Fsp3) is 0.463. The molecule has 0 radical (unpaired) electrons. The highest BCUT2D eigenvalue weighted by Gasteiger charge is 2.44. The fourth-order valence-electron chi connectivity index (χ4n) is 12.2. The summed E-state index contributed by atoms with van der Waals surface area (Å²) in [6.45, 7) is 0.809. The van der Waals surface area contributed by atoms with Crippen LogP contribution in [-0.4, -0.2) is 6.67 Å². The van der Waals surface area contributed by atoms with E-state index in [0.717, 1.165) is 54.0 Å². The highest BCUT2D eigenvalue weighted by molar-refractivity contribution is 9.11. The van der Waals surface area contributed by atoms with Crippen LogP contribution in [0.1, 0.15) is 110 Å². The molecule has 4 saturated carbocycles. The Hall–Kier alpha value is -2.30. The maximum atomic E-state index is 4.17. The van der Waals surface area contributed by atoms with E-state index in [9.17, 15) is 0 Å². The maximum absolute atomic E-state index is 4.17. The zero-order valence-corrected chi connectivity index (χ0v) is 29.0. The molecule has 0 aromatic heterocycles. The third-order valence-electron chi connectivity index (χ3n) is 13.6. The van der Waals surface area contributed by atoms with Gasteiger partial charge in [0.15, 0.2) is 0 Å². The number of halogens is 2. The predicted octanol–water partition coefficient (Wildman–Crippen LogP) is 12.4. The minimum Gasteiger partial charge on any atom is -0.321 e. The van der Waals surface area contributed by atoms with Crippen LogP contribution in [0.2, 0.25) is 0 Å². The SMILES string of the molecule is Brc1cc2c(cc1N1CN(c3cc4c(cc3Br)C3CC5CC(C3)CC4C5)c3cccc4cccc1c34)C1CC3CC(CC2C3)C1. The van der Waals surface area contributed by atoms with Gasteiger partial charge in [0.25, 0.3) is 0 Å². The molecular weight excluding hydrogens is 680 g/mol. The third-order valence-corrected chi connectivity index (χ3v) is 14.9. The van der Waals surface area contributed by atoms with E-state index in [0.29, 0.717) is 0 Å². The van der Waals surface area contributed by atoms with E-state index >= 15 is 0 Å². The lowest BCUT2D eigenvalue weighted by Crippen LogP contribution is -2.36. The lowest BCUT2D eigenvalue weighted by atomic mass is 9.67. The molecule has 0 spiro atoms. The second-order valence-corrected chi connectivity index (χ2v) is 17.8. The average Bonchev–Trinajstić information content (AvgIpc) is 3.30. The molecule has 8 bridgehead atoms. The van der Waals surface area contributed by atoms with Crippen molar-refractivity contribution in [3.8, 4) is 0 Å². The van der Waals surface area contributed by atoms with E-state index in [4.69, 9.17) is 0 Å². The molecule has 4 fully saturated rings. The monoisotopic (exact) mass is 718 g/mol. The number of hydrogen-bond donors (Lipinski definition) is 0. The molecule has 2 nitrogen and oxygen atoms in total. The van der Waals surface area contributed by atoms with E-state index in [1.165, 1.54) is 107 Å². The normalized spacial score (nSPS) is 33.4. The van der Waals surface area contributed by atoms with E-state index in [1.807, 2.05) is 0 Å². The predicted molar refractivity (Wildman–Crippen MR) is 192 cm³/mol. The zero-order valence-electron chi connectivity index (χ0n) is 25.8. The molecular formula is C41H40Br2N2. The van der Waals surface area contributed by atoms with Crippen molar-refractivity contribution in [3.63, 3.8) is 0 Å². The van der Waals surface area contributed by atoms with E-state index in [1.54, 1.807) is 22.3 Å². The Labute approximate surface area is 283 Å². The van der Waals surface area contributed by atoms with Gasteiger partial charge in [-0.05, 0) is 207 Å². The van der Waals surface area contributed by atoms with E-state index < -0.39 is 0 Å². The van der Waals surface area contributed by atoms with Crippen LogP contribution in [0.25, 0.3) is 10.8 Å². The zero-order chi connectivity index (χ0) is 29.6. The van der Waals surface area contributed by atoms with Gasteiger partial charge in [0, 0.05) is 14.3 Å². The van der Waals surface area contributed by atoms with Crippen LogP contribution in [-0.2, 0) is 0 Å². The Morgan fingerprint density at radius 1 is 0.444 bits per heavy atom. The summed E-state index contributed by atoms with van der Waals surface area (Å²) < 4.78 is 2.51. The van der Waals surface area contributed by atoms with Crippen molar-refractivity contribution < 1.29 is 0 Å². The highest BCUT2D eigenvalue weighted by Crippen LogP contribution is 2.60. The van der Waals surface area contributed by atoms with Gasteiger partial charge in [0.1, 0.15) is 6.67 Å². The molecule has 4 atom stereocenters. The first kappa shape index (κ1) is 26.7. The van der Waals surface area contributed by atoms with Gasteiger partial charge in [0.2, 0.25) is 0 Å². The lowest BCUT2D eigenvalue weighted by molar-refractivity contribution is 0.165. The van der Waals surface area contributed by atoms with Crippen LogP contribution in [0, 0.1) is 23.7 Å². The van der Waals surface area contributed by atoms with Gasteiger partial charge in [0.05, 0.1) is 22.7 Å². The number of anilines is 4. The topological polar surface area (TPSA) is 6.48 Å². The average molecular weight is 721 g/mol. The van der Waals surface area contributed by atoms with Gasteiger partial charge in [-0.1, -0.05) is 24.3 Å². The van der Waals surface area contributed by atoms with Gasteiger partial charge >= 0.3 is 0 Å². The summed E-state index contributed by atoms with van der Waals surface area (Å²) in [6.07, 6.45) is 14.2. The van der Waals surface area contributed by atoms with E-state index in [2.05, 4.69) is 102 Å². The second-order valence-electron chi connectivity index (χ2n) is 16.1. The Morgan fingerprint density at radius 3 is 1.22 bits per heavy atom. The Balaban J connectivity index is 1.08. The first-order chi connectivity index (χ1) is 22.0. The Kier molecular flexibility index (Phi) is 5.72. The summed E-state index contributed by atoms with van der Waals surface area (Å²) in [5.41, 5.74) is 12.0. The molecule has 4 aromatic carbocycles. The minimum atomic E-state index is 0.733. The van der Waals surface area contributed by atoms with Crippen LogP contribution >= 0.6 is 31.9 Å². The molecule has 4 unspecified atom stereocenters. The fourth-order valence-corrected chi connectivity index (χ4v) is 13.3. The largest absolute Gasteiger partial charge is 0.321 e. The Bertz CT molecular complexity index is 1750. The third kappa shape index (κ3) is 3.91. The summed E-state index contributed by atoms with van der Waals surface area (Å²) in [7, 11) is 0. The number of benzene rings is 4. The Morgan fingerprint density at radius 2 is 0.822 bits per heavy atom. The second kappa shape index (κ2) is 9.63. The van der Waals surface area contributed by atoms with Crippen LogP contribution < -0.4 is 9.80 Å². The van der Waals surface area contributed by atoms with Crippen molar-refractivity contribution in [1.29, 1.82) is 0 Å². The van der Waals surface area contributed by atoms with Crippen LogP contribution in [0.3, 0.4) is 0 Å². The van der Waals surface area contributed by atoms with Gasteiger partial charge < -0.3 is 9.80 Å². The molecule has 4 heteroatoms. The van der Waals surface area contributed by atoms with E-state index in [-0.39, 0.29) is 0 Å². The van der Waals surface area contributed by atoms with Gasteiger partial charge in [-0.2, -0.15) is 0 Å². The molecule has 13 rings (SSSR count). The highest BCUT2D eigenvalue weighted by atomic mass is 79.9. The maximum Gasteiger partial charge on any atom is 0.100 e. The molecule has 1 aliphatic heterocycles. The van der Waals surface area contributed by atoms with Gasteiger partial charge in [-0.25, -0.2) is 0 Å². The van der Waals surface area contributed by atoms with Crippen molar-refractivity contribution in [2.24, 2.45) is 23.7 Å². The standard InChI is InChI=1S/C41H40Br2N2/c42-35-17-31-27-9-22-7-23(10-27)14-29(13-22)33(31)19-39(35)44-21-45(38-6-2-4-26-3-1-5-37(44)41(26)38)40-20-34-30-15-24-8-25(16-30)12-28(11-24)32(34)18-36(40)43/h1-6,17-20,22-25,27-30H,7-16,21H2. The molecule has 0 N–H and O–H groups in total. The van der Waals surface area contributed by atoms with Crippen molar-refractivity contribution in [2.45, 2.75) is 87.9 Å². The molecule has 4 aromatic rings. The van der Waals surface area contributed by atoms with Gasteiger partial charge in [-0.15, -0.1) is 0 Å². The van der Waals surface area contributed by atoms with Crippen LogP contribution in [0.5, 0.6) is 0 Å². The molecule has 228 valence electrons. The summed E-state index contributed by atoms with van der Waals surface area (Å²) in [5.74, 6) is 6.71. The van der Waals surface area contributed by atoms with Crippen molar-refractivity contribution in [3.05, 3.63) is 91.9 Å². The summed E-state index contributed by atoms with van der Waals surface area (Å²) >= 11 is 8.33. The smallest absolute Gasteiger partial charge is 0.100 e.